The Bertz CT molecular complexity index is 1400. The molecule has 40 heavy (non-hydrogen) atoms. The van der Waals surface area contributed by atoms with E-state index in [-0.39, 0.29) is 17.9 Å². The van der Waals surface area contributed by atoms with Gasteiger partial charge in [-0.3, -0.25) is 15.0 Å². The Labute approximate surface area is 238 Å². The van der Waals surface area contributed by atoms with Crippen LogP contribution in [-0.2, 0) is 6.54 Å². The van der Waals surface area contributed by atoms with Gasteiger partial charge in [0, 0.05) is 21.8 Å². The van der Waals surface area contributed by atoms with Gasteiger partial charge in [-0.25, -0.2) is 4.79 Å². The maximum atomic E-state index is 13.6. The van der Waals surface area contributed by atoms with Gasteiger partial charge in [0.1, 0.15) is 0 Å². The molecule has 1 fully saturated rings. The maximum Gasteiger partial charge on any atom is 0.326 e. The summed E-state index contributed by atoms with van der Waals surface area (Å²) >= 11 is 1.73. The van der Waals surface area contributed by atoms with E-state index in [0.717, 1.165) is 27.6 Å². The molecule has 10 heteroatoms. The van der Waals surface area contributed by atoms with Crippen molar-refractivity contribution in [1.82, 2.24) is 20.6 Å². The molecule has 0 aliphatic heterocycles. The minimum atomic E-state index is -0.342. The highest BCUT2D eigenvalue weighted by Gasteiger charge is 2.20. The van der Waals surface area contributed by atoms with Gasteiger partial charge >= 0.3 is 6.03 Å². The predicted molar refractivity (Wildman–Crippen MR) is 159 cm³/mol. The summed E-state index contributed by atoms with van der Waals surface area (Å²) < 4.78 is 0. The van der Waals surface area contributed by atoms with Crippen LogP contribution in [-0.4, -0.2) is 38.3 Å². The molecule has 0 spiro atoms. The second-order valence-electron chi connectivity index (χ2n) is 9.79. The van der Waals surface area contributed by atoms with Gasteiger partial charge in [-0.05, 0) is 83.3 Å². The molecule has 1 aliphatic carbocycles. The number of amides is 3. The molecule has 0 atom stereocenters. The molecule has 1 saturated carbocycles. The summed E-state index contributed by atoms with van der Waals surface area (Å²) in [5, 5.41) is 18.9. The van der Waals surface area contributed by atoms with E-state index >= 15 is 0 Å². The summed E-state index contributed by atoms with van der Waals surface area (Å²) in [6.07, 6.45) is 6.32. The molecular weight excluding hydrogens is 522 g/mol. The van der Waals surface area contributed by atoms with Crippen molar-refractivity contribution >= 4 is 41.0 Å². The van der Waals surface area contributed by atoms with Crippen LogP contribution in [0, 0.1) is 0 Å². The van der Waals surface area contributed by atoms with Crippen LogP contribution >= 0.6 is 11.8 Å². The van der Waals surface area contributed by atoms with E-state index in [1.54, 1.807) is 28.8 Å². The van der Waals surface area contributed by atoms with Gasteiger partial charge in [0.15, 0.2) is 0 Å². The number of hydrogen-bond acceptors (Lipinski definition) is 6. The SMILES string of the molecule is CCSc1cccc(NC(=O)N(Cc2ccc(C(=O)Nc3nn[nH]n3)cc2)c2ccc(C3CCCCC3)cc2)c1. The highest BCUT2D eigenvalue weighted by atomic mass is 32.2. The monoisotopic (exact) mass is 555 g/mol. The number of nitrogens with zero attached hydrogens (tertiary/aromatic N) is 4. The average molecular weight is 556 g/mol. The van der Waals surface area contributed by atoms with Crippen molar-refractivity contribution in [3.63, 3.8) is 0 Å². The topological polar surface area (TPSA) is 116 Å². The van der Waals surface area contributed by atoms with Crippen molar-refractivity contribution in [2.24, 2.45) is 0 Å². The lowest BCUT2D eigenvalue weighted by molar-refractivity contribution is 0.102. The lowest BCUT2D eigenvalue weighted by Crippen LogP contribution is -2.34. The van der Waals surface area contributed by atoms with E-state index in [0.29, 0.717) is 18.0 Å². The standard InChI is InChI=1S/C30H33N7O2S/c1-2-40-27-10-6-9-25(19-27)31-30(39)37(26-17-15-23(16-18-26)22-7-4-3-5-8-22)20-21-11-13-24(14-12-21)28(38)32-29-33-35-36-34-29/h6,9-19,22H,2-5,7-8,20H2,1H3,(H,31,39)(H2,32,33,34,35,36,38). The Morgan fingerprint density at radius 2 is 1.75 bits per heavy atom. The van der Waals surface area contributed by atoms with Gasteiger partial charge in [0.2, 0.25) is 0 Å². The van der Waals surface area contributed by atoms with Crippen molar-refractivity contribution < 1.29 is 9.59 Å². The van der Waals surface area contributed by atoms with Gasteiger partial charge in [-0.1, -0.05) is 61.6 Å². The number of rotatable bonds is 9. The van der Waals surface area contributed by atoms with E-state index < -0.39 is 0 Å². The van der Waals surface area contributed by atoms with Crippen LogP contribution < -0.4 is 15.5 Å². The summed E-state index contributed by atoms with van der Waals surface area (Å²) in [6.45, 7) is 2.44. The van der Waals surface area contributed by atoms with Crippen molar-refractivity contribution in [1.29, 1.82) is 0 Å². The number of thioether (sulfide) groups is 1. The van der Waals surface area contributed by atoms with E-state index in [9.17, 15) is 9.59 Å². The van der Waals surface area contributed by atoms with Crippen LogP contribution in [0.2, 0.25) is 0 Å². The molecule has 9 nitrogen and oxygen atoms in total. The van der Waals surface area contributed by atoms with Gasteiger partial charge in [-0.2, -0.15) is 5.21 Å². The number of carbonyl (C=O) groups excluding carboxylic acids is 2. The second-order valence-corrected chi connectivity index (χ2v) is 11.1. The molecule has 1 aromatic heterocycles. The summed E-state index contributed by atoms with van der Waals surface area (Å²) in [5.74, 6) is 1.32. The number of benzene rings is 3. The van der Waals surface area contributed by atoms with Crippen molar-refractivity contribution in [3.05, 3.63) is 89.5 Å². The number of anilines is 3. The normalized spacial score (nSPS) is 13.5. The maximum absolute atomic E-state index is 13.6. The Balaban J connectivity index is 1.35. The number of carbonyl (C=O) groups is 2. The van der Waals surface area contributed by atoms with Gasteiger partial charge in [0.05, 0.1) is 6.54 Å². The fourth-order valence-electron chi connectivity index (χ4n) is 5.00. The zero-order valence-electron chi connectivity index (χ0n) is 22.5. The molecule has 3 N–H and O–H groups in total. The first-order chi connectivity index (χ1) is 19.6. The molecule has 4 aromatic rings. The number of aromatic nitrogens is 4. The van der Waals surface area contributed by atoms with Crippen LogP contribution in [0.15, 0.2) is 77.7 Å². The first-order valence-electron chi connectivity index (χ1n) is 13.6. The number of tetrazole rings is 1. The van der Waals surface area contributed by atoms with Gasteiger partial charge < -0.3 is 5.32 Å². The van der Waals surface area contributed by atoms with E-state index in [2.05, 4.69) is 50.3 Å². The molecule has 206 valence electrons. The zero-order valence-corrected chi connectivity index (χ0v) is 23.3. The van der Waals surface area contributed by atoms with E-state index in [4.69, 9.17) is 0 Å². The molecule has 0 radical (unpaired) electrons. The fraction of sp³-hybridized carbons (Fsp3) is 0.300. The Kier molecular flexibility index (Phi) is 9.07. The molecule has 0 unspecified atom stereocenters. The first-order valence-corrected chi connectivity index (χ1v) is 14.6. The molecule has 3 amide bonds. The highest BCUT2D eigenvalue weighted by Crippen LogP contribution is 2.33. The fourth-order valence-corrected chi connectivity index (χ4v) is 5.71. The van der Waals surface area contributed by atoms with Crippen LogP contribution in [0.3, 0.4) is 0 Å². The third-order valence-electron chi connectivity index (χ3n) is 7.05. The van der Waals surface area contributed by atoms with Crippen LogP contribution in [0.1, 0.15) is 66.4 Å². The summed E-state index contributed by atoms with van der Waals surface area (Å²) in [7, 11) is 0. The van der Waals surface area contributed by atoms with Crippen LogP contribution in [0.4, 0.5) is 22.1 Å². The Morgan fingerprint density at radius 3 is 2.45 bits per heavy atom. The van der Waals surface area contributed by atoms with Crippen molar-refractivity contribution in [3.8, 4) is 0 Å². The quantitative estimate of drug-likeness (QED) is 0.195. The van der Waals surface area contributed by atoms with Crippen molar-refractivity contribution in [2.45, 2.75) is 56.4 Å². The number of H-pyrrole nitrogens is 1. The number of hydrogen-bond donors (Lipinski definition) is 3. The molecule has 1 heterocycles. The van der Waals surface area contributed by atoms with Gasteiger partial charge in [-0.15, -0.1) is 16.9 Å². The third-order valence-corrected chi connectivity index (χ3v) is 7.93. The lowest BCUT2D eigenvalue weighted by atomic mass is 9.84. The number of urea groups is 1. The molecule has 0 saturated heterocycles. The minimum Gasteiger partial charge on any atom is -0.307 e. The molecule has 5 rings (SSSR count). The lowest BCUT2D eigenvalue weighted by Gasteiger charge is -2.26. The van der Waals surface area contributed by atoms with Crippen LogP contribution in [0.25, 0.3) is 0 Å². The third kappa shape index (κ3) is 7.06. The Hall–Kier alpha value is -4.18. The average Bonchev–Trinajstić information content (AvgIpc) is 3.50. The van der Waals surface area contributed by atoms with E-state index in [1.807, 2.05) is 48.5 Å². The van der Waals surface area contributed by atoms with Gasteiger partial charge in [0.25, 0.3) is 11.9 Å². The molecular formula is C30H33N7O2S. The molecule has 3 aromatic carbocycles. The van der Waals surface area contributed by atoms with Crippen LogP contribution in [0.5, 0.6) is 0 Å². The minimum absolute atomic E-state index is 0.106. The Morgan fingerprint density at radius 1 is 0.975 bits per heavy atom. The number of nitrogens with one attached hydrogen (secondary N) is 3. The van der Waals surface area contributed by atoms with E-state index in [1.165, 1.54) is 37.7 Å². The summed E-state index contributed by atoms with van der Waals surface area (Å²) in [6, 6.07) is 23.2. The summed E-state index contributed by atoms with van der Waals surface area (Å²) in [4.78, 5) is 29.0. The zero-order chi connectivity index (χ0) is 27.7. The number of aromatic amines is 1. The highest BCUT2D eigenvalue weighted by molar-refractivity contribution is 7.99. The first kappa shape index (κ1) is 27.4. The smallest absolute Gasteiger partial charge is 0.307 e. The van der Waals surface area contributed by atoms with Crippen molar-refractivity contribution in [2.75, 3.05) is 21.3 Å². The summed E-state index contributed by atoms with van der Waals surface area (Å²) in [5.41, 5.74) is 4.24. The predicted octanol–water partition coefficient (Wildman–Crippen LogP) is 6.85. The molecule has 1 aliphatic rings. The largest absolute Gasteiger partial charge is 0.326 e. The molecule has 0 bridgehead atoms. The second kappa shape index (κ2) is 13.3.